The number of halogens is 1. The predicted octanol–water partition coefficient (Wildman–Crippen LogP) is 7.61. The molecule has 176 valence electrons. The third kappa shape index (κ3) is 5.62. The van der Waals surface area contributed by atoms with Crippen LogP contribution in [0.4, 0.5) is 0 Å². The molecular weight excluding hydrogens is 482 g/mol. The fraction of sp³-hybridized carbons (Fsp3) is 0.296. The standard InChI is InChI=1S/C27H28ClN3OS2/c1-3-5-9-19(4-2)17-30-26(32)24(34-27(30)33)16-21-18-31(23-10-7-6-8-11-23)29-25(21)20-12-14-22(28)15-13-20/h6-8,10-16,18-19H,3-5,9,17H2,1-2H3/b24-16-/t19-/m0/s1. The Morgan fingerprint density at radius 1 is 1.12 bits per heavy atom. The summed E-state index contributed by atoms with van der Waals surface area (Å²) in [6, 6.07) is 17.5. The number of benzene rings is 2. The molecule has 2 aromatic carbocycles. The highest BCUT2D eigenvalue weighted by Crippen LogP contribution is 2.36. The van der Waals surface area contributed by atoms with Crippen LogP contribution in [-0.2, 0) is 4.79 Å². The molecule has 0 saturated carbocycles. The Morgan fingerprint density at radius 2 is 1.85 bits per heavy atom. The highest BCUT2D eigenvalue weighted by molar-refractivity contribution is 8.26. The molecule has 0 aliphatic carbocycles. The molecule has 1 aliphatic rings. The van der Waals surface area contributed by atoms with E-state index in [4.69, 9.17) is 28.9 Å². The number of amides is 1. The minimum Gasteiger partial charge on any atom is -0.293 e. The zero-order valence-corrected chi connectivity index (χ0v) is 21.8. The van der Waals surface area contributed by atoms with E-state index >= 15 is 0 Å². The highest BCUT2D eigenvalue weighted by Gasteiger charge is 2.33. The molecule has 4 rings (SSSR count). The van der Waals surface area contributed by atoms with Gasteiger partial charge in [0.05, 0.1) is 16.3 Å². The van der Waals surface area contributed by atoms with Crippen molar-refractivity contribution in [1.82, 2.24) is 14.7 Å². The number of thiocarbonyl (C=S) groups is 1. The molecule has 2 heterocycles. The first kappa shape index (κ1) is 24.7. The molecular formula is C27H28ClN3OS2. The average molecular weight is 510 g/mol. The average Bonchev–Trinajstić information content (AvgIpc) is 3.39. The second kappa shape index (κ2) is 11.3. The maximum absolute atomic E-state index is 13.3. The molecule has 4 nitrogen and oxygen atoms in total. The van der Waals surface area contributed by atoms with E-state index in [1.54, 1.807) is 4.90 Å². The number of carbonyl (C=O) groups excluding carboxylic acids is 1. The van der Waals surface area contributed by atoms with Crippen molar-refractivity contribution >= 4 is 51.9 Å². The van der Waals surface area contributed by atoms with Crippen LogP contribution in [0.2, 0.25) is 5.02 Å². The molecule has 7 heteroatoms. The summed E-state index contributed by atoms with van der Waals surface area (Å²) in [6.07, 6.45) is 8.37. The van der Waals surface area contributed by atoms with Crippen LogP contribution in [-0.4, -0.2) is 31.5 Å². The number of hydrogen-bond acceptors (Lipinski definition) is 4. The molecule has 34 heavy (non-hydrogen) atoms. The summed E-state index contributed by atoms with van der Waals surface area (Å²) in [5.74, 6) is 0.451. The number of para-hydroxylation sites is 1. The van der Waals surface area contributed by atoms with E-state index in [9.17, 15) is 4.79 Å². The molecule has 1 amide bonds. The lowest BCUT2D eigenvalue weighted by molar-refractivity contribution is -0.122. The van der Waals surface area contributed by atoms with Crippen molar-refractivity contribution in [3.8, 4) is 16.9 Å². The smallest absolute Gasteiger partial charge is 0.266 e. The molecule has 0 bridgehead atoms. The van der Waals surface area contributed by atoms with E-state index in [2.05, 4.69) is 13.8 Å². The summed E-state index contributed by atoms with van der Waals surface area (Å²) in [5.41, 5.74) is 3.54. The van der Waals surface area contributed by atoms with Gasteiger partial charge in [-0.25, -0.2) is 4.68 Å². The Hall–Kier alpha value is -2.41. The first-order chi connectivity index (χ1) is 16.5. The van der Waals surface area contributed by atoms with Crippen LogP contribution in [0.15, 0.2) is 65.7 Å². The van der Waals surface area contributed by atoms with E-state index in [1.807, 2.05) is 71.6 Å². The van der Waals surface area contributed by atoms with Gasteiger partial charge >= 0.3 is 0 Å². The maximum Gasteiger partial charge on any atom is 0.266 e. The van der Waals surface area contributed by atoms with Gasteiger partial charge in [-0.2, -0.15) is 5.10 Å². The van der Waals surface area contributed by atoms with Crippen molar-refractivity contribution in [2.24, 2.45) is 5.92 Å². The predicted molar refractivity (Wildman–Crippen MR) is 147 cm³/mol. The molecule has 0 radical (unpaired) electrons. The SMILES string of the molecule is CCCC[C@H](CC)CN1C(=O)/C(=C/c2cn(-c3ccccc3)nc2-c2ccc(Cl)cc2)SC1=S. The summed E-state index contributed by atoms with van der Waals surface area (Å²) >= 11 is 13.1. The number of unbranched alkanes of at least 4 members (excludes halogenated alkanes) is 1. The van der Waals surface area contributed by atoms with Gasteiger partial charge in [0.25, 0.3) is 5.91 Å². The molecule has 0 N–H and O–H groups in total. The Labute approximate surface area is 216 Å². The van der Waals surface area contributed by atoms with Crippen molar-refractivity contribution in [3.63, 3.8) is 0 Å². The summed E-state index contributed by atoms with van der Waals surface area (Å²) < 4.78 is 2.48. The normalized spacial score (nSPS) is 16.0. The minimum atomic E-state index is -0.0144. The van der Waals surface area contributed by atoms with Crippen LogP contribution in [0.1, 0.15) is 45.1 Å². The Bertz CT molecular complexity index is 1190. The van der Waals surface area contributed by atoms with Gasteiger partial charge in [-0.05, 0) is 42.7 Å². The van der Waals surface area contributed by atoms with Crippen LogP contribution < -0.4 is 0 Å². The zero-order valence-electron chi connectivity index (χ0n) is 19.4. The highest BCUT2D eigenvalue weighted by atomic mass is 35.5. The Kier molecular flexibility index (Phi) is 8.24. The molecule has 1 fully saturated rings. The minimum absolute atomic E-state index is 0.0144. The van der Waals surface area contributed by atoms with Crippen molar-refractivity contribution < 1.29 is 4.79 Å². The van der Waals surface area contributed by atoms with Crippen molar-refractivity contribution in [1.29, 1.82) is 0 Å². The van der Waals surface area contributed by atoms with Crippen LogP contribution in [0.25, 0.3) is 23.0 Å². The summed E-state index contributed by atoms with van der Waals surface area (Å²) in [4.78, 5) is 15.7. The summed E-state index contributed by atoms with van der Waals surface area (Å²) in [5, 5.41) is 5.51. The van der Waals surface area contributed by atoms with Gasteiger partial charge in [-0.15, -0.1) is 0 Å². The van der Waals surface area contributed by atoms with Gasteiger partial charge in [-0.1, -0.05) is 99.0 Å². The quantitative estimate of drug-likeness (QED) is 0.220. The topological polar surface area (TPSA) is 38.1 Å². The number of nitrogens with zero attached hydrogens (tertiary/aromatic N) is 3. The largest absolute Gasteiger partial charge is 0.293 e. The Morgan fingerprint density at radius 3 is 2.53 bits per heavy atom. The van der Waals surface area contributed by atoms with Crippen LogP contribution in [0, 0.1) is 5.92 Å². The fourth-order valence-corrected chi connectivity index (χ4v) is 5.40. The number of thioether (sulfide) groups is 1. The molecule has 1 saturated heterocycles. The lowest BCUT2D eigenvalue weighted by Gasteiger charge is -2.21. The summed E-state index contributed by atoms with van der Waals surface area (Å²) in [7, 11) is 0. The maximum atomic E-state index is 13.3. The number of rotatable bonds is 9. The monoisotopic (exact) mass is 509 g/mol. The van der Waals surface area contributed by atoms with E-state index in [1.165, 1.54) is 18.2 Å². The first-order valence-corrected chi connectivity index (χ1v) is 13.3. The van der Waals surface area contributed by atoms with Gasteiger partial charge < -0.3 is 0 Å². The zero-order chi connectivity index (χ0) is 24.1. The molecule has 0 spiro atoms. The first-order valence-electron chi connectivity index (χ1n) is 11.7. The molecule has 1 aromatic heterocycles. The molecule has 1 aliphatic heterocycles. The van der Waals surface area contributed by atoms with Gasteiger partial charge in [0.1, 0.15) is 4.32 Å². The van der Waals surface area contributed by atoms with Gasteiger partial charge in [0.2, 0.25) is 0 Å². The van der Waals surface area contributed by atoms with Crippen molar-refractivity contribution in [2.45, 2.75) is 39.5 Å². The second-order valence-corrected chi connectivity index (χ2v) is 10.5. The van der Waals surface area contributed by atoms with Crippen molar-refractivity contribution in [2.75, 3.05) is 6.54 Å². The fourth-order valence-electron chi connectivity index (χ4n) is 4.01. The summed E-state index contributed by atoms with van der Waals surface area (Å²) in [6.45, 7) is 5.07. The number of carbonyl (C=O) groups is 1. The lowest BCUT2D eigenvalue weighted by atomic mass is 9.99. The van der Waals surface area contributed by atoms with Gasteiger partial charge in [-0.3, -0.25) is 9.69 Å². The van der Waals surface area contributed by atoms with E-state index in [0.29, 0.717) is 26.7 Å². The molecule has 0 unspecified atom stereocenters. The lowest BCUT2D eigenvalue weighted by Crippen LogP contribution is -2.33. The molecule has 3 aromatic rings. The third-order valence-electron chi connectivity index (χ3n) is 6.03. The Balaban J connectivity index is 1.67. The number of aromatic nitrogens is 2. The van der Waals surface area contributed by atoms with Gasteiger partial charge in [0.15, 0.2) is 0 Å². The van der Waals surface area contributed by atoms with Crippen LogP contribution in [0.3, 0.4) is 0 Å². The van der Waals surface area contributed by atoms with E-state index < -0.39 is 0 Å². The van der Waals surface area contributed by atoms with Crippen LogP contribution in [0.5, 0.6) is 0 Å². The van der Waals surface area contributed by atoms with E-state index in [0.717, 1.165) is 41.8 Å². The number of hydrogen-bond donors (Lipinski definition) is 0. The molecule has 1 atom stereocenters. The van der Waals surface area contributed by atoms with Gasteiger partial charge in [0, 0.05) is 28.9 Å². The second-order valence-electron chi connectivity index (χ2n) is 8.43. The van der Waals surface area contributed by atoms with E-state index in [-0.39, 0.29) is 5.91 Å². The third-order valence-corrected chi connectivity index (χ3v) is 7.65. The van der Waals surface area contributed by atoms with Crippen molar-refractivity contribution in [3.05, 3.63) is 76.3 Å². The van der Waals surface area contributed by atoms with Crippen LogP contribution >= 0.6 is 35.6 Å².